The SMILES string of the molecule is CCC(C)CC(OC(CC(C)CC)C(C)(C)C)C(C)(C)C. The van der Waals surface area contributed by atoms with Crippen molar-refractivity contribution in [3.05, 3.63) is 0 Å². The second kappa shape index (κ2) is 8.56. The molecule has 1 heteroatoms. The quantitative estimate of drug-likeness (QED) is 0.484. The highest BCUT2D eigenvalue weighted by molar-refractivity contribution is 4.83. The van der Waals surface area contributed by atoms with Crippen molar-refractivity contribution in [3.8, 4) is 0 Å². The Kier molecular flexibility index (Phi) is 8.54. The van der Waals surface area contributed by atoms with Gasteiger partial charge in [-0.15, -0.1) is 0 Å². The Bertz CT molecular complexity index is 241. The van der Waals surface area contributed by atoms with Crippen LogP contribution in [0.15, 0.2) is 0 Å². The summed E-state index contributed by atoms with van der Waals surface area (Å²) in [6.07, 6.45) is 5.52. The smallest absolute Gasteiger partial charge is 0.0629 e. The van der Waals surface area contributed by atoms with Crippen LogP contribution in [0, 0.1) is 22.7 Å². The van der Waals surface area contributed by atoms with Gasteiger partial charge < -0.3 is 4.74 Å². The first-order valence-corrected chi connectivity index (χ1v) is 9.07. The second-order valence-corrected chi connectivity index (χ2v) is 9.34. The number of rotatable bonds is 8. The van der Waals surface area contributed by atoms with Crippen LogP contribution < -0.4 is 0 Å². The molecule has 0 aromatic heterocycles. The summed E-state index contributed by atoms with van der Waals surface area (Å²) in [6.45, 7) is 23.2. The van der Waals surface area contributed by atoms with Gasteiger partial charge in [-0.25, -0.2) is 0 Å². The van der Waals surface area contributed by atoms with Crippen LogP contribution >= 0.6 is 0 Å². The van der Waals surface area contributed by atoms with Crippen LogP contribution in [0.2, 0.25) is 0 Å². The Morgan fingerprint density at radius 1 is 0.667 bits per heavy atom. The summed E-state index contributed by atoms with van der Waals surface area (Å²) in [6, 6.07) is 0. The first kappa shape index (κ1) is 21.0. The molecule has 0 fully saturated rings. The minimum Gasteiger partial charge on any atom is -0.374 e. The van der Waals surface area contributed by atoms with E-state index in [0.717, 1.165) is 11.8 Å². The second-order valence-electron chi connectivity index (χ2n) is 9.34. The predicted octanol–water partition coefficient (Wildman–Crippen LogP) is 6.70. The summed E-state index contributed by atoms with van der Waals surface area (Å²) in [5.41, 5.74) is 0.421. The fraction of sp³-hybridized carbons (Fsp3) is 1.00. The Morgan fingerprint density at radius 3 is 1.14 bits per heavy atom. The monoisotopic (exact) mass is 298 g/mol. The molecule has 0 amide bonds. The van der Waals surface area contributed by atoms with E-state index in [2.05, 4.69) is 69.2 Å². The fourth-order valence-corrected chi connectivity index (χ4v) is 2.49. The van der Waals surface area contributed by atoms with Crippen molar-refractivity contribution in [2.45, 2.75) is 107 Å². The minimum absolute atomic E-state index is 0.211. The Hall–Kier alpha value is -0.0400. The van der Waals surface area contributed by atoms with Crippen LogP contribution in [0.5, 0.6) is 0 Å². The molecule has 0 aliphatic carbocycles. The van der Waals surface area contributed by atoms with Crippen LogP contribution in [0.4, 0.5) is 0 Å². The molecule has 0 bridgehead atoms. The van der Waals surface area contributed by atoms with Crippen molar-refractivity contribution < 1.29 is 4.74 Å². The summed E-state index contributed by atoms with van der Waals surface area (Å²) in [5.74, 6) is 1.47. The van der Waals surface area contributed by atoms with Crippen LogP contribution in [0.3, 0.4) is 0 Å². The molecule has 0 aromatic rings. The van der Waals surface area contributed by atoms with E-state index < -0.39 is 0 Å². The standard InChI is InChI=1S/C20H42O/c1-11-15(3)13-17(19(5,6)7)21-18(20(8,9)10)14-16(4)12-2/h15-18H,11-14H2,1-10H3. The summed E-state index contributed by atoms with van der Waals surface area (Å²) in [5, 5.41) is 0. The van der Waals surface area contributed by atoms with Gasteiger partial charge in [-0.1, -0.05) is 82.1 Å². The number of hydrogen-bond acceptors (Lipinski definition) is 1. The van der Waals surface area contributed by atoms with Gasteiger partial charge in [0.15, 0.2) is 0 Å². The summed E-state index contributed by atoms with van der Waals surface area (Å²) in [4.78, 5) is 0. The van der Waals surface area contributed by atoms with E-state index in [1.807, 2.05) is 0 Å². The Balaban J connectivity index is 5.03. The van der Waals surface area contributed by atoms with Gasteiger partial charge in [0.2, 0.25) is 0 Å². The zero-order chi connectivity index (χ0) is 16.8. The first-order valence-electron chi connectivity index (χ1n) is 9.07. The summed E-state index contributed by atoms with van der Waals surface area (Å²) < 4.78 is 6.72. The Morgan fingerprint density at radius 2 is 0.952 bits per heavy atom. The van der Waals surface area contributed by atoms with Gasteiger partial charge in [0.05, 0.1) is 12.2 Å². The van der Waals surface area contributed by atoms with Crippen molar-refractivity contribution in [1.82, 2.24) is 0 Å². The van der Waals surface area contributed by atoms with Gasteiger partial charge in [-0.05, 0) is 35.5 Å². The van der Waals surface area contributed by atoms with Gasteiger partial charge in [-0.3, -0.25) is 0 Å². The molecule has 0 saturated heterocycles. The van der Waals surface area contributed by atoms with Crippen LogP contribution in [0.25, 0.3) is 0 Å². The predicted molar refractivity (Wildman–Crippen MR) is 95.7 cm³/mol. The van der Waals surface area contributed by atoms with Crippen molar-refractivity contribution in [2.75, 3.05) is 0 Å². The van der Waals surface area contributed by atoms with Crippen molar-refractivity contribution in [3.63, 3.8) is 0 Å². The summed E-state index contributed by atoms with van der Waals surface area (Å²) in [7, 11) is 0. The molecule has 4 unspecified atom stereocenters. The highest BCUT2D eigenvalue weighted by Gasteiger charge is 2.34. The molecule has 0 heterocycles. The van der Waals surface area contributed by atoms with E-state index in [4.69, 9.17) is 4.74 Å². The highest BCUT2D eigenvalue weighted by Crippen LogP contribution is 2.36. The molecule has 0 rings (SSSR count). The zero-order valence-electron chi connectivity index (χ0n) is 16.5. The average Bonchev–Trinajstić information content (AvgIpc) is 2.33. The third-order valence-electron chi connectivity index (χ3n) is 4.89. The fourth-order valence-electron chi connectivity index (χ4n) is 2.49. The summed E-state index contributed by atoms with van der Waals surface area (Å²) >= 11 is 0. The maximum absolute atomic E-state index is 6.72. The number of hydrogen-bond donors (Lipinski definition) is 0. The average molecular weight is 299 g/mol. The molecule has 0 N–H and O–H groups in total. The lowest BCUT2D eigenvalue weighted by Gasteiger charge is -2.41. The molecule has 0 aromatic carbocycles. The van der Waals surface area contributed by atoms with Gasteiger partial charge in [0, 0.05) is 0 Å². The van der Waals surface area contributed by atoms with Crippen LogP contribution in [-0.2, 0) is 4.74 Å². The molecule has 0 aliphatic heterocycles. The molecular weight excluding hydrogens is 256 g/mol. The molecule has 128 valence electrons. The maximum Gasteiger partial charge on any atom is 0.0629 e. The van der Waals surface area contributed by atoms with E-state index in [9.17, 15) is 0 Å². The topological polar surface area (TPSA) is 9.23 Å². The first-order chi connectivity index (χ1) is 9.41. The lowest BCUT2D eigenvalue weighted by atomic mass is 9.80. The van der Waals surface area contributed by atoms with Gasteiger partial charge in [-0.2, -0.15) is 0 Å². The third kappa shape index (κ3) is 8.24. The third-order valence-corrected chi connectivity index (χ3v) is 4.89. The molecule has 4 atom stereocenters. The lowest BCUT2D eigenvalue weighted by molar-refractivity contribution is -0.121. The van der Waals surface area contributed by atoms with Crippen molar-refractivity contribution in [2.24, 2.45) is 22.7 Å². The largest absolute Gasteiger partial charge is 0.374 e. The van der Waals surface area contributed by atoms with E-state index in [1.165, 1.54) is 25.7 Å². The normalized spacial score (nSPS) is 19.1. The Labute approximate surface area is 135 Å². The maximum atomic E-state index is 6.72. The van der Waals surface area contributed by atoms with Crippen molar-refractivity contribution >= 4 is 0 Å². The minimum atomic E-state index is 0.211. The molecule has 0 saturated carbocycles. The number of ether oxygens (including phenoxy) is 1. The van der Waals surface area contributed by atoms with Gasteiger partial charge in [0.25, 0.3) is 0 Å². The van der Waals surface area contributed by atoms with E-state index in [1.54, 1.807) is 0 Å². The highest BCUT2D eigenvalue weighted by atomic mass is 16.5. The van der Waals surface area contributed by atoms with Gasteiger partial charge >= 0.3 is 0 Å². The molecule has 0 spiro atoms. The molecule has 21 heavy (non-hydrogen) atoms. The molecular formula is C20H42O. The van der Waals surface area contributed by atoms with Gasteiger partial charge in [0.1, 0.15) is 0 Å². The van der Waals surface area contributed by atoms with E-state index >= 15 is 0 Å². The molecule has 1 nitrogen and oxygen atoms in total. The van der Waals surface area contributed by atoms with Crippen LogP contribution in [0.1, 0.15) is 94.9 Å². The van der Waals surface area contributed by atoms with Crippen LogP contribution in [-0.4, -0.2) is 12.2 Å². The lowest BCUT2D eigenvalue weighted by Crippen LogP contribution is -2.40. The molecule has 0 radical (unpaired) electrons. The van der Waals surface area contributed by atoms with E-state index in [-0.39, 0.29) is 10.8 Å². The van der Waals surface area contributed by atoms with Crippen molar-refractivity contribution in [1.29, 1.82) is 0 Å². The van der Waals surface area contributed by atoms with E-state index in [0.29, 0.717) is 12.2 Å². The molecule has 0 aliphatic rings. The zero-order valence-corrected chi connectivity index (χ0v) is 16.5.